The maximum absolute atomic E-state index is 12.4. The molecule has 1 aromatic rings. The van der Waals surface area contributed by atoms with Gasteiger partial charge >= 0.3 is 12.1 Å². The van der Waals surface area contributed by atoms with Gasteiger partial charge in [0.25, 0.3) is 10.0 Å². The lowest BCUT2D eigenvalue weighted by molar-refractivity contribution is -0.141. The van der Waals surface area contributed by atoms with Crippen molar-refractivity contribution in [3.8, 4) is 0 Å². The van der Waals surface area contributed by atoms with Gasteiger partial charge in [-0.2, -0.15) is 17.5 Å². The molecule has 2 heterocycles. The maximum atomic E-state index is 12.4. The fourth-order valence-electron chi connectivity index (χ4n) is 1.98. The van der Waals surface area contributed by atoms with Crippen LogP contribution in [-0.4, -0.2) is 41.9 Å². The van der Waals surface area contributed by atoms with E-state index in [9.17, 15) is 26.4 Å². The zero-order chi connectivity index (χ0) is 15.8. The number of carboxylic acid groups (broad SMARTS) is 1. The Hall–Kier alpha value is -1.68. The maximum Gasteiger partial charge on any atom is 0.417 e. The molecule has 0 bridgehead atoms. The number of sulfonamides is 1. The second kappa shape index (κ2) is 5.26. The summed E-state index contributed by atoms with van der Waals surface area (Å²) in [5, 5.41) is 8.30. The van der Waals surface area contributed by atoms with Gasteiger partial charge in [-0.15, -0.1) is 0 Å². The van der Waals surface area contributed by atoms with E-state index in [-0.39, 0.29) is 19.5 Å². The van der Waals surface area contributed by atoms with Crippen LogP contribution in [0.3, 0.4) is 0 Å². The lowest BCUT2D eigenvalue weighted by atomic mass is 10.1. The highest BCUT2D eigenvalue weighted by atomic mass is 32.2. The first-order chi connectivity index (χ1) is 9.62. The van der Waals surface area contributed by atoms with Gasteiger partial charge in [0.05, 0.1) is 11.5 Å². The smallest absolute Gasteiger partial charge is 0.417 e. The van der Waals surface area contributed by atoms with E-state index in [0.29, 0.717) is 12.3 Å². The summed E-state index contributed by atoms with van der Waals surface area (Å²) in [4.78, 5) is 14.1. The zero-order valence-corrected chi connectivity index (χ0v) is 11.4. The van der Waals surface area contributed by atoms with Gasteiger partial charge in [0.15, 0.2) is 5.03 Å². The SMILES string of the molecule is O=C(O)C1CCN(S(=O)(=O)c2ccc(C(F)(F)F)cn2)C1. The van der Waals surface area contributed by atoms with Crippen molar-refractivity contribution in [1.82, 2.24) is 9.29 Å². The number of halogens is 3. The van der Waals surface area contributed by atoms with Crippen LogP contribution in [0.2, 0.25) is 0 Å². The Balaban J connectivity index is 2.23. The topological polar surface area (TPSA) is 87.6 Å². The van der Waals surface area contributed by atoms with Crippen LogP contribution in [0.1, 0.15) is 12.0 Å². The average Bonchev–Trinajstić information content (AvgIpc) is 2.88. The molecule has 1 fully saturated rings. The van der Waals surface area contributed by atoms with Gasteiger partial charge in [-0.05, 0) is 18.6 Å². The first-order valence-electron chi connectivity index (χ1n) is 5.88. The number of aromatic nitrogens is 1. The third-order valence-electron chi connectivity index (χ3n) is 3.17. The van der Waals surface area contributed by atoms with Crippen molar-refractivity contribution in [2.24, 2.45) is 5.92 Å². The monoisotopic (exact) mass is 324 g/mol. The van der Waals surface area contributed by atoms with Crippen molar-refractivity contribution in [1.29, 1.82) is 0 Å². The molecule has 1 saturated heterocycles. The molecule has 10 heteroatoms. The normalized spacial score (nSPS) is 20.6. The number of alkyl halides is 3. The molecule has 0 aliphatic carbocycles. The summed E-state index contributed by atoms with van der Waals surface area (Å²) >= 11 is 0. The minimum absolute atomic E-state index is 0.00199. The van der Waals surface area contributed by atoms with Gasteiger partial charge in [-0.3, -0.25) is 4.79 Å². The van der Waals surface area contributed by atoms with E-state index in [1.807, 2.05) is 0 Å². The molecule has 2 rings (SSSR count). The summed E-state index contributed by atoms with van der Waals surface area (Å²) < 4.78 is 62.4. The largest absolute Gasteiger partial charge is 0.481 e. The van der Waals surface area contributed by atoms with Gasteiger partial charge in [0.1, 0.15) is 0 Å². The number of hydrogen-bond donors (Lipinski definition) is 1. The number of hydrogen-bond acceptors (Lipinski definition) is 4. The molecule has 0 saturated carbocycles. The molecule has 116 valence electrons. The molecule has 1 aliphatic rings. The van der Waals surface area contributed by atoms with Crippen LogP contribution < -0.4 is 0 Å². The molecule has 0 radical (unpaired) electrons. The molecular formula is C11H11F3N2O4S. The van der Waals surface area contributed by atoms with Crippen molar-refractivity contribution in [2.45, 2.75) is 17.6 Å². The fraction of sp³-hybridized carbons (Fsp3) is 0.455. The minimum Gasteiger partial charge on any atom is -0.481 e. The Morgan fingerprint density at radius 1 is 1.38 bits per heavy atom. The summed E-state index contributed by atoms with van der Waals surface area (Å²) in [6.45, 7) is -0.206. The summed E-state index contributed by atoms with van der Waals surface area (Å²) in [7, 11) is -4.08. The van der Waals surface area contributed by atoms with Gasteiger partial charge in [-0.25, -0.2) is 13.4 Å². The van der Waals surface area contributed by atoms with E-state index in [0.717, 1.165) is 10.4 Å². The average molecular weight is 324 g/mol. The summed E-state index contributed by atoms with van der Waals surface area (Å²) in [5.74, 6) is -1.91. The zero-order valence-electron chi connectivity index (χ0n) is 10.5. The van der Waals surface area contributed by atoms with Crippen molar-refractivity contribution in [3.05, 3.63) is 23.9 Å². The lowest BCUT2D eigenvalue weighted by Gasteiger charge is -2.15. The third kappa shape index (κ3) is 3.16. The summed E-state index contributed by atoms with van der Waals surface area (Å²) in [5.41, 5.74) is -1.05. The van der Waals surface area contributed by atoms with Crippen LogP contribution in [-0.2, 0) is 21.0 Å². The third-order valence-corrected chi connectivity index (χ3v) is 4.95. The number of carbonyl (C=O) groups is 1. The Bertz CT molecular complexity index is 642. The van der Waals surface area contributed by atoms with E-state index in [4.69, 9.17) is 5.11 Å². The molecular weight excluding hydrogens is 313 g/mol. The number of aliphatic carboxylic acids is 1. The number of pyridine rings is 1. The van der Waals surface area contributed by atoms with Crippen molar-refractivity contribution in [3.63, 3.8) is 0 Å². The lowest BCUT2D eigenvalue weighted by Crippen LogP contribution is -2.30. The Kier molecular flexibility index (Phi) is 3.93. The number of carboxylic acids is 1. The molecule has 1 aromatic heterocycles. The van der Waals surface area contributed by atoms with Crippen LogP contribution in [0.4, 0.5) is 13.2 Å². The molecule has 0 aromatic carbocycles. The van der Waals surface area contributed by atoms with Crippen LogP contribution in [0, 0.1) is 5.92 Å². The van der Waals surface area contributed by atoms with Crippen molar-refractivity contribution >= 4 is 16.0 Å². The Labute approximate surface area is 118 Å². The second-order valence-corrected chi connectivity index (χ2v) is 6.45. The molecule has 1 N–H and O–H groups in total. The van der Waals surface area contributed by atoms with Gasteiger partial charge in [0, 0.05) is 19.3 Å². The molecule has 0 spiro atoms. The molecule has 1 atom stereocenters. The highest BCUT2D eigenvalue weighted by Gasteiger charge is 2.37. The Morgan fingerprint density at radius 3 is 2.48 bits per heavy atom. The van der Waals surface area contributed by atoms with Crippen molar-refractivity contribution in [2.75, 3.05) is 13.1 Å². The van der Waals surface area contributed by atoms with Gasteiger partial charge < -0.3 is 5.11 Å². The van der Waals surface area contributed by atoms with E-state index in [2.05, 4.69) is 4.98 Å². The van der Waals surface area contributed by atoms with Gasteiger partial charge in [0.2, 0.25) is 0 Å². The van der Waals surface area contributed by atoms with Crippen LogP contribution in [0.25, 0.3) is 0 Å². The van der Waals surface area contributed by atoms with Gasteiger partial charge in [-0.1, -0.05) is 0 Å². The standard InChI is InChI=1S/C11H11F3N2O4S/c12-11(13,14)8-1-2-9(15-5-8)21(19,20)16-4-3-7(6-16)10(17)18/h1-2,5,7H,3-4,6H2,(H,17,18). The summed E-state index contributed by atoms with van der Waals surface area (Å²) in [6.07, 6.45) is -4.00. The highest BCUT2D eigenvalue weighted by Crippen LogP contribution is 2.30. The fourth-order valence-corrected chi connectivity index (χ4v) is 3.39. The first kappa shape index (κ1) is 15.7. The molecule has 6 nitrogen and oxygen atoms in total. The minimum atomic E-state index is -4.60. The second-order valence-electron chi connectivity index (χ2n) is 4.57. The van der Waals surface area contributed by atoms with Crippen LogP contribution >= 0.6 is 0 Å². The highest BCUT2D eigenvalue weighted by molar-refractivity contribution is 7.89. The van der Waals surface area contributed by atoms with E-state index < -0.39 is 38.7 Å². The first-order valence-corrected chi connectivity index (χ1v) is 7.32. The number of rotatable bonds is 3. The summed E-state index contributed by atoms with van der Waals surface area (Å²) in [6, 6.07) is 1.40. The van der Waals surface area contributed by atoms with E-state index in [1.54, 1.807) is 0 Å². The van der Waals surface area contributed by atoms with E-state index >= 15 is 0 Å². The molecule has 1 aliphatic heterocycles. The molecule has 21 heavy (non-hydrogen) atoms. The Morgan fingerprint density at radius 2 is 2.05 bits per heavy atom. The van der Waals surface area contributed by atoms with E-state index in [1.165, 1.54) is 0 Å². The number of nitrogens with zero attached hydrogens (tertiary/aromatic N) is 2. The molecule has 1 unspecified atom stereocenters. The van der Waals surface area contributed by atoms with Crippen LogP contribution in [0.15, 0.2) is 23.4 Å². The molecule has 0 amide bonds. The van der Waals surface area contributed by atoms with Crippen LogP contribution in [0.5, 0.6) is 0 Å². The predicted molar refractivity (Wildman–Crippen MR) is 63.7 cm³/mol. The quantitative estimate of drug-likeness (QED) is 0.902. The van der Waals surface area contributed by atoms with Crippen molar-refractivity contribution < 1.29 is 31.5 Å². The predicted octanol–water partition coefficient (Wildman–Crippen LogP) is 1.20.